The first kappa shape index (κ1) is 13.7. The molecule has 3 nitrogen and oxygen atoms in total. The molecular weight excluding hydrogens is 241 g/mol. The molecule has 1 heterocycles. The Morgan fingerprint density at radius 3 is 2.74 bits per heavy atom. The van der Waals surface area contributed by atoms with Crippen LogP contribution in [0.4, 0.5) is 4.39 Å². The minimum atomic E-state index is -0.248. The molecule has 19 heavy (non-hydrogen) atoms. The van der Waals surface area contributed by atoms with E-state index in [4.69, 9.17) is 5.73 Å². The Balaban J connectivity index is 2.41. The highest BCUT2D eigenvalue weighted by Crippen LogP contribution is 2.21. The van der Waals surface area contributed by atoms with E-state index >= 15 is 0 Å². The van der Waals surface area contributed by atoms with E-state index in [9.17, 15) is 4.39 Å². The van der Waals surface area contributed by atoms with Gasteiger partial charge in [0.15, 0.2) is 0 Å². The van der Waals surface area contributed by atoms with Crippen LogP contribution in [0.5, 0.6) is 0 Å². The van der Waals surface area contributed by atoms with Crippen LogP contribution in [-0.4, -0.2) is 16.3 Å². The van der Waals surface area contributed by atoms with E-state index in [1.54, 1.807) is 10.7 Å². The summed E-state index contributed by atoms with van der Waals surface area (Å²) in [7, 11) is 0. The highest BCUT2D eigenvalue weighted by molar-refractivity contribution is 5.37. The monoisotopic (exact) mass is 261 g/mol. The molecule has 0 radical (unpaired) electrons. The van der Waals surface area contributed by atoms with Crippen LogP contribution in [0.2, 0.25) is 0 Å². The van der Waals surface area contributed by atoms with Crippen LogP contribution in [0.1, 0.15) is 23.9 Å². The summed E-state index contributed by atoms with van der Waals surface area (Å²) in [6.07, 6.45) is 0.906. The third-order valence-electron chi connectivity index (χ3n) is 3.45. The van der Waals surface area contributed by atoms with Crippen molar-refractivity contribution in [2.24, 2.45) is 11.7 Å². The first-order valence-electron chi connectivity index (χ1n) is 6.54. The molecular formula is C15H20FN3. The van der Waals surface area contributed by atoms with Crippen molar-refractivity contribution in [1.29, 1.82) is 0 Å². The minimum Gasteiger partial charge on any atom is -0.330 e. The second-order valence-corrected chi connectivity index (χ2v) is 5.09. The number of nitrogens with two attached hydrogens (primary N) is 1. The lowest BCUT2D eigenvalue weighted by molar-refractivity contribution is 0.589. The van der Waals surface area contributed by atoms with Gasteiger partial charge in [0.2, 0.25) is 0 Å². The van der Waals surface area contributed by atoms with Crippen molar-refractivity contribution in [2.75, 3.05) is 6.54 Å². The lowest BCUT2D eigenvalue weighted by atomic mass is 10.00. The summed E-state index contributed by atoms with van der Waals surface area (Å²) in [6, 6.07) is 6.49. The molecule has 0 aliphatic rings. The summed E-state index contributed by atoms with van der Waals surface area (Å²) in [5, 5.41) is 4.52. The number of aromatic nitrogens is 2. The molecule has 1 unspecified atom stereocenters. The van der Waals surface area contributed by atoms with Gasteiger partial charge in [0.25, 0.3) is 0 Å². The molecule has 0 amide bonds. The van der Waals surface area contributed by atoms with Crippen LogP contribution in [0.3, 0.4) is 0 Å². The van der Waals surface area contributed by atoms with E-state index < -0.39 is 0 Å². The van der Waals surface area contributed by atoms with E-state index in [1.165, 1.54) is 17.7 Å². The summed E-state index contributed by atoms with van der Waals surface area (Å²) < 4.78 is 15.1. The highest BCUT2D eigenvalue weighted by atomic mass is 19.1. The molecule has 0 bridgehead atoms. The van der Waals surface area contributed by atoms with Gasteiger partial charge in [-0.3, -0.25) is 0 Å². The Morgan fingerprint density at radius 2 is 2.11 bits per heavy atom. The topological polar surface area (TPSA) is 43.8 Å². The van der Waals surface area contributed by atoms with Gasteiger partial charge in [-0.2, -0.15) is 5.10 Å². The molecule has 2 aromatic rings. The molecule has 0 saturated carbocycles. The number of halogens is 1. The quantitative estimate of drug-likeness (QED) is 0.919. The maximum atomic E-state index is 13.3. The predicted octanol–water partition coefficient (Wildman–Crippen LogP) is 2.77. The Kier molecular flexibility index (Phi) is 4.00. The zero-order valence-electron chi connectivity index (χ0n) is 11.7. The Labute approximate surface area is 113 Å². The van der Waals surface area contributed by atoms with Gasteiger partial charge in [0.05, 0.1) is 11.4 Å². The van der Waals surface area contributed by atoms with Gasteiger partial charge >= 0.3 is 0 Å². The summed E-state index contributed by atoms with van der Waals surface area (Å²) >= 11 is 0. The van der Waals surface area contributed by atoms with Crippen molar-refractivity contribution in [2.45, 2.75) is 27.2 Å². The number of benzene rings is 1. The molecule has 0 aliphatic heterocycles. The van der Waals surface area contributed by atoms with E-state index in [1.807, 2.05) is 19.9 Å². The Bertz CT molecular complexity index is 575. The molecule has 2 N–H and O–H groups in total. The van der Waals surface area contributed by atoms with Crippen LogP contribution in [0, 0.1) is 25.6 Å². The fraction of sp³-hybridized carbons (Fsp3) is 0.400. The average Bonchev–Trinajstić information content (AvgIpc) is 2.66. The molecule has 0 saturated heterocycles. The van der Waals surface area contributed by atoms with Crippen molar-refractivity contribution < 1.29 is 4.39 Å². The van der Waals surface area contributed by atoms with Gasteiger partial charge in [0.1, 0.15) is 5.82 Å². The summed E-state index contributed by atoms with van der Waals surface area (Å²) in [5.74, 6) is 0.171. The molecule has 1 aromatic heterocycles. The molecule has 0 spiro atoms. The van der Waals surface area contributed by atoms with Crippen LogP contribution in [0.25, 0.3) is 5.69 Å². The van der Waals surface area contributed by atoms with E-state index in [-0.39, 0.29) is 5.82 Å². The fourth-order valence-corrected chi connectivity index (χ4v) is 2.26. The van der Waals surface area contributed by atoms with Crippen LogP contribution in [0.15, 0.2) is 24.3 Å². The normalized spacial score (nSPS) is 12.7. The molecule has 1 aromatic carbocycles. The fourth-order valence-electron chi connectivity index (χ4n) is 2.26. The van der Waals surface area contributed by atoms with Crippen molar-refractivity contribution in [3.8, 4) is 5.69 Å². The van der Waals surface area contributed by atoms with Crippen molar-refractivity contribution >= 4 is 0 Å². The summed E-state index contributed by atoms with van der Waals surface area (Å²) in [4.78, 5) is 0. The van der Waals surface area contributed by atoms with E-state index in [0.717, 1.165) is 23.5 Å². The lowest BCUT2D eigenvalue weighted by Crippen LogP contribution is -2.14. The maximum Gasteiger partial charge on any atom is 0.125 e. The van der Waals surface area contributed by atoms with Crippen LogP contribution < -0.4 is 5.73 Å². The number of nitrogens with zero attached hydrogens (tertiary/aromatic N) is 2. The van der Waals surface area contributed by atoms with E-state index in [0.29, 0.717) is 12.5 Å². The number of hydrogen-bond donors (Lipinski definition) is 1. The van der Waals surface area contributed by atoms with Crippen molar-refractivity contribution in [3.63, 3.8) is 0 Å². The molecule has 1 atom stereocenters. The Hall–Kier alpha value is -1.68. The largest absolute Gasteiger partial charge is 0.330 e. The van der Waals surface area contributed by atoms with Crippen molar-refractivity contribution in [1.82, 2.24) is 9.78 Å². The second kappa shape index (κ2) is 5.53. The Morgan fingerprint density at radius 1 is 1.37 bits per heavy atom. The first-order valence-corrected chi connectivity index (χ1v) is 6.54. The number of aryl methyl sites for hydroxylation is 1. The third-order valence-corrected chi connectivity index (χ3v) is 3.45. The average molecular weight is 261 g/mol. The highest BCUT2D eigenvalue weighted by Gasteiger charge is 2.15. The van der Waals surface area contributed by atoms with Gasteiger partial charge < -0.3 is 5.73 Å². The first-order chi connectivity index (χ1) is 9.02. The second-order valence-electron chi connectivity index (χ2n) is 5.09. The zero-order valence-corrected chi connectivity index (χ0v) is 11.7. The molecule has 0 fully saturated rings. The molecule has 102 valence electrons. The van der Waals surface area contributed by atoms with E-state index in [2.05, 4.69) is 12.0 Å². The minimum absolute atomic E-state index is 0.248. The molecule has 4 heteroatoms. The predicted molar refractivity (Wildman–Crippen MR) is 74.9 cm³/mol. The smallest absolute Gasteiger partial charge is 0.125 e. The third kappa shape index (κ3) is 2.84. The van der Waals surface area contributed by atoms with Gasteiger partial charge in [-0.15, -0.1) is 0 Å². The lowest BCUT2D eigenvalue weighted by Gasteiger charge is -2.09. The van der Waals surface area contributed by atoms with Gasteiger partial charge in [-0.25, -0.2) is 9.07 Å². The number of rotatable bonds is 4. The SMILES string of the molecule is Cc1nn(-c2cccc(F)c2)c(C)c1CC(C)CN. The van der Waals surface area contributed by atoms with Gasteiger partial charge in [-0.05, 0) is 56.5 Å². The molecule has 0 aliphatic carbocycles. The van der Waals surface area contributed by atoms with Gasteiger partial charge in [-0.1, -0.05) is 13.0 Å². The summed E-state index contributed by atoms with van der Waals surface area (Å²) in [5.41, 5.74) is 9.69. The summed E-state index contributed by atoms with van der Waals surface area (Å²) in [6.45, 7) is 6.78. The molecule has 2 rings (SSSR count). The van der Waals surface area contributed by atoms with Gasteiger partial charge in [0, 0.05) is 5.69 Å². The van der Waals surface area contributed by atoms with Crippen LogP contribution >= 0.6 is 0 Å². The maximum absolute atomic E-state index is 13.3. The number of hydrogen-bond acceptors (Lipinski definition) is 2. The van der Waals surface area contributed by atoms with Crippen molar-refractivity contribution in [3.05, 3.63) is 47.0 Å². The zero-order chi connectivity index (χ0) is 14.0. The standard InChI is InChI=1S/C15H20FN3/c1-10(9-17)7-15-11(2)18-19(12(15)3)14-6-4-5-13(16)8-14/h4-6,8,10H,7,9,17H2,1-3H3. The van der Waals surface area contributed by atoms with Crippen LogP contribution in [-0.2, 0) is 6.42 Å².